The maximum Gasteiger partial charge on any atom is 0.328 e. The summed E-state index contributed by atoms with van der Waals surface area (Å²) in [4.78, 5) is 11.8. The summed E-state index contributed by atoms with van der Waals surface area (Å²) in [7, 11) is 1.64. The second-order valence-corrected chi connectivity index (χ2v) is 5.39. The molecule has 0 aliphatic heterocycles. The van der Waals surface area contributed by atoms with Crippen molar-refractivity contribution >= 4 is 23.8 Å². The predicted molar refractivity (Wildman–Crippen MR) is 85.7 cm³/mol. The lowest BCUT2D eigenvalue weighted by atomic mass is 10.1. The Labute approximate surface area is 128 Å². The van der Waals surface area contributed by atoms with Crippen LogP contribution in [0.1, 0.15) is 11.1 Å². The van der Waals surface area contributed by atoms with Crippen LogP contribution in [-0.4, -0.2) is 18.2 Å². The molecule has 0 unspecified atom stereocenters. The fourth-order valence-corrected chi connectivity index (χ4v) is 2.76. The van der Waals surface area contributed by atoms with Crippen LogP contribution in [0.15, 0.2) is 59.5 Å². The van der Waals surface area contributed by atoms with Crippen molar-refractivity contribution in [3.63, 3.8) is 0 Å². The first-order chi connectivity index (χ1) is 10.2. The molecule has 0 bridgehead atoms. The van der Waals surface area contributed by atoms with Gasteiger partial charge in [-0.2, -0.15) is 0 Å². The van der Waals surface area contributed by atoms with E-state index in [0.717, 1.165) is 28.7 Å². The molecule has 0 fully saturated rings. The van der Waals surface area contributed by atoms with Gasteiger partial charge in [0.2, 0.25) is 0 Å². The highest BCUT2D eigenvalue weighted by Gasteiger charge is 2.05. The second kappa shape index (κ2) is 7.55. The number of carboxylic acid groups (broad SMARTS) is 1. The van der Waals surface area contributed by atoms with Crippen LogP contribution < -0.4 is 4.74 Å². The average Bonchev–Trinajstić information content (AvgIpc) is 2.52. The average molecular weight is 300 g/mol. The number of methoxy groups -OCH3 is 1. The Bertz CT molecular complexity index is 636. The van der Waals surface area contributed by atoms with E-state index in [0.29, 0.717) is 0 Å². The van der Waals surface area contributed by atoms with Crippen LogP contribution in [0.25, 0.3) is 6.08 Å². The highest BCUT2D eigenvalue weighted by molar-refractivity contribution is 7.98. The fourth-order valence-electron chi connectivity index (χ4n) is 1.86. The maximum absolute atomic E-state index is 10.6. The number of thioether (sulfide) groups is 1. The van der Waals surface area contributed by atoms with Crippen LogP contribution in [0.5, 0.6) is 5.75 Å². The first-order valence-electron chi connectivity index (χ1n) is 6.45. The Kier molecular flexibility index (Phi) is 5.46. The number of carboxylic acids is 1. The third-order valence-electron chi connectivity index (χ3n) is 2.86. The van der Waals surface area contributed by atoms with Crippen LogP contribution >= 0.6 is 11.8 Å². The third-order valence-corrected chi connectivity index (χ3v) is 3.92. The lowest BCUT2D eigenvalue weighted by Gasteiger charge is -2.09. The zero-order valence-corrected chi connectivity index (χ0v) is 12.5. The summed E-state index contributed by atoms with van der Waals surface area (Å²) in [6, 6.07) is 15.8. The van der Waals surface area contributed by atoms with Crippen LogP contribution in [0, 0.1) is 0 Å². The van der Waals surface area contributed by atoms with Crippen molar-refractivity contribution in [3.8, 4) is 5.75 Å². The molecule has 0 saturated carbocycles. The minimum atomic E-state index is -0.953. The number of hydrogen-bond donors (Lipinski definition) is 1. The van der Waals surface area contributed by atoms with Gasteiger partial charge < -0.3 is 9.84 Å². The molecule has 2 aromatic carbocycles. The third kappa shape index (κ3) is 4.68. The minimum absolute atomic E-state index is 0.766. The van der Waals surface area contributed by atoms with Crippen LogP contribution in [0.3, 0.4) is 0 Å². The Morgan fingerprint density at radius 2 is 2.00 bits per heavy atom. The van der Waals surface area contributed by atoms with E-state index < -0.39 is 5.97 Å². The van der Waals surface area contributed by atoms with E-state index in [1.165, 1.54) is 4.90 Å². The largest absolute Gasteiger partial charge is 0.496 e. The van der Waals surface area contributed by atoms with Crippen molar-refractivity contribution in [1.29, 1.82) is 0 Å². The number of aliphatic carboxylic acids is 1. The molecule has 21 heavy (non-hydrogen) atoms. The summed E-state index contributed by atoms with van der Waals surface area (Å²) < 4.78 is 5.36. The van der Waals surface area contributed by atoms with Gasteiger partial charge in [-0.1, -0.05) is 24.3 Å². The molecular weight excluding hydrogens is 284 g/mol. The standard InChI is InChI=1S/C17H16O3S/c1-20-16-9-7-13(8-10-17(18)19)11-14(16)12-21-15-5-3-2-4-6-15/h2-11H,12H2,1H3,(H,18,19). The van der Waals surface area contributed by atoms with E-state index in [-0.39, 0.29) is 0 Å². The first-order valence-corrected chi connectivity index (χ1v) is 7.43. The van der Waals surface area contributed by atoms with Gasteiger partial charge in [-0.25, -0.2) is 4.79 Å². The Balaban J connectivity index is 2.16. The van der Waals surface area contributed by atoms with Gasteiger partial charge in [-0.15, -0.1) is 11.8 Å². The maximum atomic E-state index is 10.6. The summed E-state index contributed by atoms with van der Waals surface area (Å²) in [5.74, 6) is 0.624. The zero-order valence-electron chi connectivity index (χ0n) is 11.7. The molecule has 1 N–H and O–H groups in total. The lowest BCUT2D eigenvalue weighted by molar-refractivity contribution is -0.131. The molecule has 0 saturated heterocycles. The van der Waals surface area contributed by atoms with Gasteiger partial charge in [0.1, 0.15) is 5.75 Å². The van der Waals surface area contributed by atoms with Gasteiger partial charge in [0.05, 0.1) is 7.11 Å². The van der Waals surface area contributed by atoms with Gasteiger partial charge >= 0.3 is 5.97 Å². The quantitative estimate of drug-likeness (QED) is 0.645. The molecule has 2 rings (SSSR count). The summed E-state index contributed by atoms with van der Waals surface area (Å²) in [6.45, 7) is 0. The van der Waals surface area contributed by atoms with Crippen molar-refractivity contribution in [2.45, 2.75) is 10.6 Å². The molecule has 0 amide bonds. The topological polar surface area (TPSA) is 46.5 Å². The van der Waals surface area contributed by atoms with Crippen molar-refractivity contribution in [1.82, 2.24) is 0 Å². The van der Waals surface area contributed by atoms with Crippen molar-refractivity contribution in [3.05, 3.63) is 65.7 Å². The molecule has 108 valence electrons. The van der Waals surface area contributed by atoms with Gasteiger partial charge in [0.15, 0.2) is 0 Å². The highest BCUT2D eigenvalue weighted by atomic mass is 32.2. The summed E-state index contributed by atoms with van der Waals surface area (Å²) in [5.41, 5.74) is 1.89. The number of hydrogen-bond acceptors (Lipinski definition) is 3. The molecule has 4 heteroatoms. The number of ether oxygens (including phenoxy) is 1. The van der Waals surface area contributed by atoms with E-state index in [1.807, 2.05) is 36.4 Å². The molecule has 0 spiro atoms. The van der Waals surface area contributed by atoms with E-state index in [2.05, 4.69) is 12.1 Å². The van der Waals surface area contributed by atoms with E-state index in [4.69, 9.17) is 9.84 Å². The second-order valence-electron chi connectivity index (χ2n) is 4.34. The van der Waals surface area contributed by atoms with Crippen molar-refractivity contribution < 1.29 is 14.6 Å². The van der Waals surface area contributed by atoms with Gasteiger partial charge in [0, 0.05) is 22.3 Å². The zero-order chi connectivity index (χ0) is 15.1. The van der Waals surface area contributed by atoms with Gasteiger partial charge in [0.25, 0.3) is 0 Å². The normalized spacial score (nSPS) is 10.7. The summed E-state index contributed by atoms with van der Waals surface area (Å²) in [5, 5.41) is 8.68. The van der Waals surface area contributed by atoms with E-state index in [1.54, 1.807) is 24.9 Å². The fraction of sp³-hybridized carbons (Fsp3) is 0.118. The van der Waals surface area contributed by atoms with Crippen molar-refractivity contribution in [2.24, 2.45) is 0 Å². The van der Waals surface area contributed by atoms with Gasteiger partial charge in [-0.3, -0.25) is 0 Å². The Morgan fingerprint density at radius 3 is 2.67 bits per heavy atom. The van der Waals surface area contributed by atoms with Crippen LogP contribution in [0.4, 0.5) is 0 Å². The summed E-state index contributed by atoms with van der Waals surface area (Å²) in [6.07, 6.45) is 2.72. The predicted octanol–water partition coefficient (Wildman–Crippen LogP) is 4.09. The summed E-state index contributed by atoms with van der Waals surface area (Å²) >= 11 is 1.72. The van der Waals surface area contributed by atoms with E-state index >= 15 is 0 Å². The SMILES string of the molecule is COc1ccc(C=CC(=O)O)cc1CSc1ccccc1. The molecule has 0 radical (unpaired) electrons. The molecule has 0 aromatic heterocycles. The first kappa shape index (κ1) is 15.2. The Hall–Kier alpha value is -2.20. The highest BCUT2D eigenvalue weighted by Crippen LogP contribution is 2.29. The van der Waals surface area contributed by atoms with Crippen LogP contribution in [-0.2, 0) is 10.5 Å². The number of rotatable bonds is 6. The lowest BCUT2D eigenvalue weighted by Crippen LogP contribution is -1.92. The number of carbonyl (C=O) groups is 1. The van der Waals surface area contributed by atoms with E-state index in [9.17, 15) is 4.79 Å². The molecule has 0 aliphatic carbocycles. The molecule has 0 heterocycles. The smallest absolute Gasteiger partial charge is 0.328 e. The van der Waals surface area contributed by atoms with Crippen LogP contribution in [0.2, 0.25) is 0 Å². The Morgan fingerprint density at radius 1 is 1.24 bits per heavy atom. The molecular formula is C17H16O3S. The van der Waals surface area contributed by atoms with Crippen molar-refractivity contribution in [2.75, 3.05) is 7.11 Å². The monoisotopic (exact) mass is 300 g/mol. The molecule has 3 nitrogen and oxygen atoms in total. The molecule has 0 atom stereocenters. The molecule has 0 aliphatic rings. The molecule has 2 aromatic rings. The van der Waals surface area contributed by atoms with Gasteiger partial charge in [-0.05, 0) is 35.9 Å². The minimum Gasteiger partial charge on any atom is -0.496 e. The number of benzene rings is 2.